The summed E-state index contributed by atoms with van der Waals surface area (Å²) in [4.78, 5) is 29.8. The molecule has 1 N–H and O–H groups in total. The average Bonchev–Trinajstić information content (AvgIpc) is 3.46. The Kier molecular flexibility index (Phi) is 10.3. The predicted molar refractivity (Wildman–Crippen MR) is 166 cm³/mol. The van der Waals surface area contributed by atoms with Crippen molar-refractivity contribution < 1.29 is 22.7 Å². The molecular formula is C33H41N3O5S. The lowest BCUT2D eigenvalue weighted by Crippen LogP contribution is -2.54. The van der Waals surface area contributed by atoms with E-state index in [1.807, 2.05) is 74.5 Å². The summed E-state index contributed by atoms with van der Waals surface area (Å²) in [5.74, 6) is -0.373. The molecule has 1 aliphatic carbocycles. The van der Waals surface area contributed by atoms with Crippen LogP contribution in [0.15, 0.2) is 72.8 Å². The summed E-state index contributed by atoms with van der Waals surface area (Å²) in [5.41, 5.74) is 3.89. The first-order valence-electron chi connectivity index (χ1n) is 14.4. The third-order valence-electron chi connectivity index (χ3n) is 7.69. The molecule has 0 aromatic heterocycles. The van der Waals surface area contributed by atoms with Gasteiger partial charge in [-0.05, 0) is 55.5 Å². The van der Waals surface area contributed by atoms with E-state index in [1.165, 1.54) is 12.0 Å². The van der Waals surface area contributed by atoms with Crippen molar-refractivity contribution in [2.75, 3.05) is 24.2 Å². The highest BCUT2D eigenvalue weighted by Gasteiger charge is 2.34. The van der Waals surface area contributed by atoms with E-state index in [9.17, 15) is 18.0 Å². The van der Waals surface area contributed by atoms with Crippen LogP contribution in [0.25, 0.3) is 0 Å². The van der Waals surface area contributed by atoms with Crippen LogP contribution in [0.1, 0.15) is 47.9 Å². The smallest absolute Gasteiger partial charge is 0.244 e. The lowest BCUT2D eigenvalue weighted by molar-refractivity contribution is -0.140. The fraction of sp³-hybridized carbons (Fsp3) is 0.394. The van der Waals surface area contributed by atoms with E-state index < -0.39 is 28.5 Å². The maximum Gasteiger partial charge on any atom is 0.244 e. The number of ether oxygens (including phenoxy) is 1. The van der Waals surface area contributed by atoms with Gasteiger partial charge in [-0.25, -0.2) is 8.42 Å². The van der Waals surface area contributed by atoms with Gasteiger partial charge in [-0.3, -0.25) is 13.9 Å². The van der Waals surface area contributed by atoms with Gasteiger partial charge in [0.2, 0.25) is 21.8 Å². The molecule has 2 amide bonds. The standard InChI is InChI=1S/C33H41N3O5S/c1-24-11-10-14-27(19-24)22-35(30(21-26-12-6-5-7-13-26)33(38)34-28-15-8-9-16-28)32(37)23-36(42(4,39)40)29-20-25(2)17-18-31(29)41-3/h5-7,10-14,17-20,28,30H,8-9,15-16,21-23H2,1-4H3,(H,34,38)/t30-/m1/s1. The largest absolute Gasteiger partial charge is 0.495 e. The molecule has 0 bridgehead atoms. The van der Waals surface area contributed by atoms with Crippen molar-refractivity contribution in [3.63, 3.8) is 0 Å². The molecule has 0 spiro atoms. The zero-order chi connectivity index (χ0) is 30.3. The number of nitrogens with one attached hydrogen (secondary N) is 1. The number of hydrogen-bond acceptors (Lipinski definition) is 5. The fourth-order valence-corrected chi connectivity index (χ4v) is 6.36. The van der Waals surface area contributed by atoms with Crippen molar-refractivity contribution in [1.29, 1.82) is 0 Å². The minimum atomic E-state index is -3.89. The van der Waals surface area contributed by atoms with Crippen LogP contribution in [0, 0.1) is 13.8 Å². The number of methoxy groups -OCH3 is 1. The highest BCUT2D eigenvalue weighted by atomic mass is 32.2. The summed E-state index contributed by atoms with van der Waals surface area (Å²) >= 11 is 0. The number of aryl methyl sites for hydroxylation is 2. The van der Waals surface area contributed by atoms with Crippen LogP contribution in [-0.2, 0) is 32.6 Å². The van der Waals surface area contributed by atoms with Crippen LogP contribution in [0.3, 0.4) is 0 Å². The van der Waals surface area contributed by atoms with Crippen molar-refractivity contribution in [2.45, 2.75) is 64.6 Å². The van der Waals surface area contributed by atoms with E-state index in [0.717, 1.165) is 58.5 Å². The zero-order valence-corrected chi connectivity index (χ0v) is 25.7. The summed E-state index contributed by atoms with van der Waals surface area (Å²) < 4.78 is 32.8. The van der Waals surface area contributed by atoms with Crippen LogP contribution in [-0.4, -0.2) is 57.1 Å². The molecule has 0 heterocycles. The molecule has 1 fully saturated rings. The Balaban J connectivity index is 1.76. The molecular weight excluding hydrogens is 550 g/mol. The summed E-state index contributed by atoms with van der Waals surface area (Å²) in [6.07, 6.45) is 5.30. The highest BCUT2D eigenvalue weighted by Crippen LogP contribution is 2.31. The number of rotatable bonds is 12. The Morgan fingerprint density at radius 1 is 0.929 bits per heavy atom. The summed E-state index contributed by atoms with van der Waals surface area (Å²) in [7, 11) is -2.43. The fourth-order valence-electron chi connectivity index (χ4n) is 5.52. The lowest BCUT2D eigenvalue weighted by atomic mass is 10.0. The summed E-state index contributed by atoms with van der Waals surface area (Å²) in [6.45, 7) is 3.49. The van der Waals surface area contributed by atoms with Gasteiger partial charge in [-0.15, -0.1) is 0 Å². The molecule has 3 aromatic carbocycles. The third kappa shape index (κ3) is 8.12. The second-order valence-corrected chi connectivity index (χ2v) is 13.1. The first kappa shape index (κ1) is 31.1. The second-order valence-electron chi connectivity index (χ2n) is 11.2. The number of sulfonamides is 1. The van der Waals surface area contributed by atoms with Crippen LogP contribution in [0.5, 0.6) is 5.75 Å². The van der Waals surface area contributed by atoms with Crippen LogP contribution < -0.4 is 14.4 Å². The van der Waals surface area contributed by atoms with E-state index >= 15 is 0 Å². The van der Waals surface area contributed by atoms with E-state index in [1.54, 1.807) is 12.1 Å². The van der Waals surface area contributed by atoms with Gasteiger partial charge in [0.05, 0.1) is 19.1 Å². The van der Waals surface area contributed by atoms with Gasteiger partial charge >= 0.3 is 0 Å². The minimum absolute atomic E-state index is 0.0655. The summed E-state index contributed by atoms with van der Waals surface area (Å²) in [5, 5.41) is 3.19. The number of carbonyl (C=O) groups is 2. The van der Waals surface area contributed by atoms with Gasteiger partial charge in [0.25, 0.3) is 0 Å². The molecule has 3 aromatic rings. The maximum atomic E-state index is 14.3. The van der Waals surface area contributed by atoms with Crippen LogP contribution >= 0.6 is 0 Å². The number of anilines is 1. The van der Waals surface area contributed by atoms with Crippen molar-refractivity contribution in [2.24, 2.45) is 0 Å². The predicted octanol–water partition coefficient (Wildman–Crippen LogP) is 4.78. The van der Waals surface area contributed by atoms with E-state index in [0.29, 0.717) is 12.2 Å². The Labute approximate surface area is 249 Å². The van der Waals surface area contributed by atoms with Gasteiger partial charge in [0.1, 0.15) is 18.3 Å². The zero-order valence-electron chi connectivity index (χ0n) is 24.9. The Hall–Kier alpha value is -3.85. The number of carbonyl (C=O) groups excluding carboxylic acids is 2. The topological polar surface area (TPSA) is 96.0 Å². The molecule has 0 aliphatic heterocycles. The van der Waals surface area contributed by atoms with Gasteiger partial charge in [-0.1, -0.05) is 79.1 Å². The molecule has 0 radical (unpaired) electrons. The Morgan fingerprint density at radius 3 is 2.24 bits per heavy atom. The first-order chi connectivity index (χ1) is 20.0. The Bertz CT molecular complexity index is 1490. The van der Waals surface area contributed by atoms with Gasteiger partial charge in [-0.2, -0.15) is 0 Å². The summed E-state index contributed by atoms with van der Waals surface area (Å²) in [6, 6.07) is 21.8. The van der Waals surface area contributed by atoms with E-state index in [-0.39, 0.29) is 24.2 Å². The molecule has 1 aliphatic rings. The minimum Gasteiger partial charge on any atom is -0.495 e. The lowest BCUT2D eigenvalue weighted by Gasteiger charge is -2.34. The SMILES string of the molecule is COc1ccc(C)cc1N(CC(=O)N(Cc1cccc(C)c1)[C@H](Cc1ccccc1)C(=O)NC1CCCC1)S(C)(=O)=O. The molecule has 0 unspecified atom stereocenters. The quantitative estimate of drug-likeness (QED) is 0.327. The molecule has 1 atom stereocenters. The molecule has 0 saturated heterocycles. The molecule has 224 valence electrons. The van der Waals surface area contributed by atoms with Crippen LogP contribution in [0.2, 0.25) is 0 Å². The normalized spacial score (nSPS) is 14.3. The number of amides is 2. The van der Waals surface area contributed by atoms with E-state index in [4.69, 9.17) is 4.74 Å². The molecule has 42 heavy (non-hydrogen) atoms. The number of hydrogen-bond donors (Lipinski definition) is 1. The number of benzene rings is 3. The van der Waals surface area contributed by atoms with Gasteiger partial charge in [0, 0.05) is 19.0 Å². The molecule has 8 nitrogen and oxygen atoms in total. The third-order valence-corrected chi connectivity index (χ3v) is 8.82. The van der Waals surface area contributed by atoms with Crippen molar-refractivity contribution >= 4 is 27.5 Å². The molecule has 1 saturated carbocycles. The molecule has 9 heteroatoms. The first-order valence-corrected chi connectivity index (χ1v) is 16.2. The van der Waals surface area contributed by atoms with Crippen molar-refractivity contribution in [3.05, 3.63) is 95.1 Å². The van der Waals surface area contributed by atoms with Crippen molar-refractivity contribution in [1.82, 2.24) is 10.2 Å². The van der Waals surface area contributed by atoms with Gasteiger partial charge < -0.3 is 15.0 Å². The monoisotopic (exact) mass is 591 g/mol. The Morgan fingerprint density at radius 2 is 1.60 bits per heavy atom. The maximum absolute atomic E-state index is 14.3. The number of nitrogens with zero attached hydrogens (tertiary/aromatic N) is 2. The second kappa shape index (κ2) is 13.9. The highest BCUT2D eigenvalue weighted by molar-refractivity contribution is 7.92. The molecule has 4 rings (SSSR count). The van der Waals surface area contributed by atoms with Crippen molar-refractivity contribution in [3.8, 4) is 5.75 Å². The van der Waals surface area contributed by atoms with Gasteiger partial charge in [0.15, 0.2) is 0 Å². The average molecular weight is 592 g/mol. The van der Waals surface area contributed by atoms with E-state index in [2.05, 4.69) is 5.32 Å². The van der Waals surface area contributed by atoms with Crippen LogP contribution in [0.4, 0.5) is 5.69 Å².